The Bertz CT molecular complexity index is 1080. The lowest BCUT2D eigenvalue weighted by Crippen LogP contribution is -2.61. The normalized spacial score (nSPS) is 25.5. The van der Waals surface area contributed by atoms with E-state index in [1.165, 1.54) is 12.1 Å². The van der Waals surface area contributed by atoms with Crippen LogP contribution in [0.25, 0.3) is 6.08 Å². The highest BCUT2D eigenvalue weighted by atomic mass is 19.4. The lowest BCUT2D eigenvalue weighted by atomic mass is 9.58. The predicted octanol–water partition coefficient (Wildman–Crippen LogP) is 5.80. The molecule has 2 aromatic rings. The van der Waals surface area contributed by atoms with Gasteiger partial charge in [-0.05, 0) is 54.5 Å². The molecule has 2 aromatic carbocycles. The maximum atomic E-state index is 13.9. The number of amides is 1. The van der Waals surface area contributed by atoms with Gasteiger partial charge in [0.25, 0.3) is 5.91 Å². The Kier molecular flexibility index (Phi) is 7.36. The zero-order chi connectivity index (χ0) is 25.1. The van der Waals surface area contributed by atoms with E-state index < -0.39 is 23.8 Å². The van der Waals surface area contributed by atoms with Crippen LogP contribution >= 0.6 is 0 Å². The summed E-state index contributed by atoms with van der Waals surface area (Å²) < 4.78 is 41.8. The van der Waals surface area contributed by atoms with Crippen LogP contribution in [-0.2, 0) is 10.2 Å². The van der Waals surface area contributed by atoms with Gasteiger partial charge in [-0.2, -0.15) is 13.2 Å². The molecule has 1 saturated carbocycles. The minimum Gasteiger partial charge on any atom is -0.508 e. The van der Waals surface area contributed by atoms with Crippen molar-refractivity contribution in [2.45, 2.75) is 49.9 Å². The number of benzene rings is 2. The molecule has 2 aliphatic rings. The molecule has 3 atom stereocenters. The van der Waals surface area contributed by atoms with E-state index in [2.05, 4.69) is 11.9 Å². The molecule has 35 heavy (non-hydrogen) atoms. The molecule has 2 fully saturated rings. The van der Waals surface area contributed by atoms with Gasteiger partial charge in [-0.15, -0.1) is 6.58 Å². The first-order chi connectivity index (χ1) is 16.7. The molecule has 7 heteroatoms. The quantitative estimate of drug-likeness (QED) is 0.403. The average Bonchev–Trinajstić information content (AvgIpc) is 2.83. The fourth-order valence-electron chi connectivity index (χ4n) is 5.78. The number of hydrogen-bond acceptors (Lipinski definition) is 3. The number of phenolic OH excluding ortho intramolecular Hbond substituents is 1. The number of halogens is 3. The first-order valence-corrected chi connectivity index (χ1v) is 12.0. The number of phenols is 1. The summed E-state index contributed by atoms with van der Waals surface area (Å²) in [5, 5.41) is 12.9. The van der Waals surface area contributed by atoms with E-state index >= 15 is 0 Å². The fourth-order valence-corrected chi connectivity index (χ4v) is 5.78. The lowest BCUT2D eigenvalue weighted by molar-refractivity contribution is -0.133. The molecular formula is C28H31F3N2O2. The number of aromatic hydroxyl groups is 1. The van der Waals surface area contributed by atoms with E-state index in [1.807, 2.05) is 11.0 Å². The smallest absolute Gasteiger partial charge is 0.421 e. The van der Waals surface area contributed by atoms with E-state index in [0.29, 0.717) is 25.1 Å². The summed E-state index contributed by atoms with van der Waals surface area (Å²) in [7, 11) is 0. The van der Waals surface area contributed by atoms with Crippen molar-refractivity contribution in [2.24, 2.45) is 5.92 Å². The second kappa shape index (κ2) is 10.3. The molecular weight excluding hydrogens is 453 g/mol. The number of carbonyl (C=O) groups excluding carboxylic acids is 1. The van der Waals surface area contributed by atoms with Crippen LogP contribution in [0.3, 0.4) is 0 Å². The highest BCUT2D eigenvalue weighted by molar-refractivity contribution is 5.99. The number of carbonyl (C=O) groups is 1. The van der Waals surface area contributed by atoms with Crippen LogP contribution in [0.15, 0.2) is 72.8 Å². The van der Waals surface area contributed by atoms with Crippen molar-refractivity contribution in [2.75, 3.05) is 13.1 Å². The molecule has 4 nitrogen and oxygen atoms in total. The molecule has 4 rings (SSSR count). The third kappa shape index (κ3) is 5.45. The molecule has 1 saturated heterocycles. The van der Waals surface area contributed by atoms with Gasteiger partial charge in [0.1, 0.15) is 11.3 Å². The van der Waals surface area contributed by atoms with Gasteiger partial charge in [0.15, 0.2) is 0 Å². The second-order valence-electron chi connectivity index (χ2n) is 9.55. The summed E-state index contributed by atoms with van der Waals surface area (Å²) in [4.78, 5) is 15.1. The summed E-state index contributed by atoms with van der Waals surface area (Å²) in [5.74, 6) is -0.700. The maximum Gasteiger partial charge on any atom is 0.421 e. The zero-order valence-corrected chi connectivity index (χ0v) is 19.6. The van der Waals surface area contributed by atoms with Crippen LogP contribution in [0, 0.1) is 5.92 Å². The van der Waals surface area contributed by atoms with Gasteiger partial charge in [-0.1, -0.05) is 61.4 Å². The molecule has 1 unspecified atom stereocenters. The number of likely N-dealkylation sites (tertiary alicyclic amines) is 1. The summed E-state index contributed by atoms with van der Waals surface area (Å²) >= 11 is 0. The zero-order valence-electron chi connectivity index (χ0n) is 19.6. The molecule has 186 valence electrons. The van der Waals surface area contributed by atoms with Crippen LogP contribution in [0.4, 0.5) is 13.2 Å². The molecule has 2 N–H and O–H groups in total. The van der Waals surface area contributed by atoms with Gasteiger partial charge >= 0.3 is 6.18 Å². The van der Waals surface area contributed by atoms with Crippen LogP contribution in [0.2, 0.25) is 0 Å². The Morgan fingerprint density at radius 2 is 1.94 bits per heavy atom. The molecule has 1 aliphatic carbocycles. The van der Waals surface area contributed by atoms with Gasteiger partial charge < -0.3 is 10.4 Å². The lowest BCUT2D eigenvalue weighted by Gasteiger charge is -2.54. The first kappa shape index (κ1) is 25.0. The molecule has 0 aromatic heterocycles. The third-order valence-corrected chi connectivity index (χ3v) is 7.40. The summed E-state index contributed by atoms with van der Waals surface area (Å²) in [6, 6.07) is 15.2. The largest absolute Gasteiger partial charge is 0.508 e. The van der Waals surface area contributed by atoms with E-state index in [9.17, 15) is 23.1 Å². The Morgan fingerprint density at radius 1 is 1.17 bits per heavy atom. The SMILES string of the molecule is C=CCN1CC2CCCC[C@@]2(c2cccc(O)c2)C[C@H]1NC(=O)C(=Cc1ccccc1)C(F)(F)F. The van der Waals surface area contributed by atoms with E-state index in [-0.39, 0.29) is 17.1 Å². The second-order valence-corrected chi connectivity index (χ2v) is 9.55. The van der Waals surface area contributed by atoms with E-state index in [1.54, 1.807) is 42.5 Å². The highest BCUT2D eigenvalue weighted by Crippen LogP contribution is 2.50. The van der Waals surface area contributed by atoms with E-state index in [0.717, 1.165) is 37.3 Å². The number of hydrogen-bond donors (Lipinski definition) is 2. The van der Waals surface area contributed by atoms with Crippen LogP contribution < -0.4 is 5.32 Å². The van der Waals surface area contributed by atoms with Crippen molar-refractivity contribution in [3.8, 4) is 5.75 Å². The number of alkyl halides is 3. The molecule has 1 heterocycles. The number of fused-ring (bicyclic) bond motifs is 1. The first-order valence-electron chi connectivity index (χ1n) is 12.0. The van der Waals surface area contributed by atoms with Crippen molar-refractivity contribution < 1.29 is 23.1 Å². The van der Waals surface area contributed by atoms with Gasteiger partial charge in [0.2, 0.25) is 0 Å². The average molecular weight is 485 g/mol. The van der Waals surface area contributed by atoms with Crippen molar-refractivity contribution in [3.63, 3.8) is 0 Å². The predicted molar refractivity (Wildman–Crippen MR) is 131 cm³/mol. The maximum absolute atomic E-state index is 13.9. The molecule has 1 aliphatic heterocycles. The number of rotatable bonds is 6. The van der Waals surface area contributed by atoms with Crippen molar-refractivity contribution in [1.82, 2.24) is 10.2 Å². The minimum atomic E-state index is -4.80. The van der Waals surface area contributed by atoms with Gasteiger partial charge in [-0.25, -0.2) is 0 Å². The highest BCUT2D eigenvalue weighted by Gasteiger charge is 2.50. The van der Waals surface area contributed by atoms with Crippen LogP contribution in [0.1, 0.15) is 43.2 Å². The molecule has 0 bridgehead atoms. The topological polar surface area (TPSA) is 52.6 Å². The Labute approximate surface area is 204 Å². The Balaban J connectivity index is 1.67. The number of nitrogens with one attached hydrogen (secondary N) is 1. The van der Waals surface area contributed by atoms with E-state index in [4.69, 9.17) is 0 Å². The van der Waals surface area contributed by atoms with Gasteiger partial charge in [0.05, 0.1) is 6.17 Å². The monoisotopic (exact) mass is 484 g/mol. The fraction of sp³-hybridized carbons (Fsp3) is 0.393. The Morgan fingerprint density at radius 3 is 2.63 bits per heavy atom. The standard InChI is InChI=1S/C28H31F3N2O2/c1-2-15-33-19-22-11-6-7-14-27(22,21-12-8-13-23(34)17-21)18-25(33)32-26(35)24(28(29,30)31)16-20-9-4-3-5-10-20/h2-5,8-10,12-13,16-17,22,25,34H,1,6-7,11,14-15,18-19H2,(H,32,35)/t22?,25-,27-/m0/s1. The third-order valence-electron chi connectivity index (χ3n) is 7.40. The Hall–Kier alpha value is -3.06. The van der Waals surface area contributed by atoms with Crippen LogP contribution in [0.5, 0.6) is 5.75 Å². The van der Waals surface area contributed by atoms with Crippen molar-refractivity contribution >= 4 is 12.0 Å². The summed E-state index contributed by atoms with van der Waals surface area (Å²) in [6.07, 6.45) is 1.62. The summed E-state index contributed by atoms with van der Waals surface area (Å²) in [5.41, 5.74) is -0.256. The van der Waals surface area contributed by atoms with Gasteiger partial charge in [-0.3, -0.25) is 9.69 Å². The van der Waals surface area contributed by atoms with Crippen molar-refractivity contribution in [3.05, 3.63) is 84.0 Å². The number of nitrogens with zero attached hydrogens (tertiary/aromatic N) is 1. The van der Waals surface area contributed by atoms with Gasteiger partial charge in [0, 0.05) is 18.5 Å². The van der Waals surface area contributed by atoms with Crippen molar-refractivity contribution in [1.29, 1.82) is 0 Å². The molecule has 0 spiro atoms. The van der Waals surface area contributed by atoms with Crippen LogP contribution in [-0.4, -0.2) is 41.3 Å². The number of piperidine rings is 1. The minimum absolute atomic E-state index is 0.167. The summed E-state index contributed by atoms with van der Waals surface area (Å²) in [6.45, 7) is 4.91. The molecule has 1 amide bonds. The molecule has 0 radical (unpaired) electrons.